The van der Waals surface area contributed by atoms with Crippen LogP contribution in [0.15, 0.2) is 36.4 Å². The van der Waals surface area contributed by atoms with E-state index in [9.17, 15) is 0 Å². The fourth-order valence-electron chi connectivity index (χ4n) is 1.98. The van der Waals surface area contributed by atoms with Crippen LogP contribution in [0.3, 0.4) is 0 Å². The predicted octanol–water partition coefficient (Wildman–Crippen LogP) is 5.06. The fraction of sp³-hybridized carbons (Fsp3) is 0.250. The van der Waals surface area contributed by atoms with E-state index in [1.54, 1.807) is 7.11 Å². The van der Waals surface area contributed by atoms with E-state index < -0.39 is 0 Å². The van der Waals surface area contributed by atoms with Crippen LogP contribution in [0.1, 0.15) is 16.7 Å². The summed E-state index contributed by atoms with van der Waals surface area (Å²) in [7, 11) is 1.69. The largest absolute Gasteiger partial charge is 0.380 e. The average Bonchev–Trinajstić information content (AvgIpc) is 2.42. The zero-order valence-electron chi connectivity index (χ0n) is 11.5. The zero-order valence-corrected chi connectivity index (χ0v) is 13.1. The first kappa shape index (κ1) is 15.2. The molecule has 0 aliphatic carbocycles. The van der Waals surface area contributed by atoms with Gasteiger partial charge in [0.15, 0.2) is 0 Å². The maximum atomic E-state index is 6.21. The summed E-state index contributed by atoms with van der Waals surface area (Å²) >= 11 is 12.3. The summed E-state index contributed by atoms with van der Waals surface area (Å²) in [4.78, 5) is 0. The standard InChI is InChI=1S/C16H17Cl2NO/c1-11-6-15(18)16(8-14(11)17)19-9-12-4-3-5-13(7-12)10-20-2/h3-8,19H,9-10H2,1-2H3. The number of hydrogen-bond acceptors (Lipinski definition) is 2. The minimum Gasteiger partial charge on any atom is -0.380 e. The third-order valence-electron chi connectivity index (χ3n) is 3.03. The van der Waals surface area contributed by atoms with Gasteiger partial charge >= 0.3 is 0 Å². The molecule has 0 radical (unpaired) electrons. The Labute approximate surface area is 129 Å². The van der Waals surface area contributed by atoms with E-state index in [1.807, 2.05) is 31.2 Å². The minimum absolute atomic E-state index is 0.616. The van der Waals surface area contributed by atoms with E-state index >= 15 is 0 Å². The molecular formula is C16H17Cl2NO. The molecule has 0 saturated carbocycles. The molecule has 0 aliphatic heterocycles. The Bertz CT molecular complexity index is 599. The molecule has 0 fully saturated rings. The predicted molar refractivity (Wildman–Crippen MR) is 85.7 cm³/mol. The van der Waals surface area contributed by atoms with Crippen molar-refractivity contribution in [2.75, 3.05) is 12.4 Å². The first-order valence-electron chi connectivity index (χ1n) is 6.36. The van der Waals surface area contributed by atoms with Gasteiger partial charge in [0.05, 0.1) is 17.3 Å². The van der Waals surface area contributed by atoms with Crippen LogP contribution in [0.4, 0.5) is 5.69 Å². The highest BCUT2D eigenvalue weighted by Gasteiger charge is 2.04. The lowest BCUT2D eigenvalue weighted by Crippen LogP contribution is -2.01. The second kappa shape index (κ2) is 6.98. The van der Waals surface area contributed by atoms with Crippen LogP contribution in [-0.2, 0) is 17.9 Å². The van der Waals surface area contributed by atoms with Crippen molar-refractivity contribution in [1.82, 2.24) is 0 Å². The summed E-state index contributed by atoms with van der Waals surface area (Å²) in [5.41, 5.74) is 4.15. The summed E-state index contributed by atoms with van der Waals surface area (Å²) in [5.74, 6) is 0. The van der Waals surface area contributed by atoms with E-state index in [0.29, 0.717) is 23.2 Å². The second-order valence-corrected chi connectivity index (χ2v) is 5.50. The molecule has 2 rings (SSSR count). The number of hydrogen-bond donors (Lipinski definition) is 1. The average molecular weight is 310 g/mol. The highest BCUT2D eigenvalue weighted by Crippen LogP contribution is 2.29. The van der Waals surface area contributed by atoms with Gasteiger partial charge in [-0.2, -0.15) is 0 Å². The first-order valence-corrected chi connectivity index (χ1v) is 7.12. The minimum atomic E-state index is 0.616. The Balaban J connectivity index is 2.08. The quantitative estimate of drug-likeness (QED) is 0.833. The number of benzene rings is 2. The molecular weight excluding hydrogens is 293 g/mol. The van der Waals surface area contributed by atoms with Crippen molar-refractivity contribution < 1.29 is 4.74 Å². The molecule has 20 heavy (non-hydrogen) atoms. The first-order chi connectivity index (χ1) is 9.60. The highest BCUT2D eigenvalue weighted by molar-refractivity contribution is 6.35. The number of anilines is 1. The Morgan fingerprint density at radius 1 is 1.05 bits per heavy atom. The molecule has 0 amide bonds. The maximum absolute atomic E-state index is 6.21. The van der Waals surface area contributed by atoms with Gasteiger partial charge in [-0.1, -0.05) is 47.5 Å². The van der Waals surface area contributed by atoms with E-state index in [4.69, 9.17) is 27.9 Å². The molecule has 0 saturated heterocycles. The van der Waals surface area contributed by atoms with E-state index in [1.165, 1.54) is 5.56 Å². The monoisotopic (exact) mass is 309 g/mol. The van der Waals surface area contributed by atoms with Gasteiger partial charge in [-0.25, -0.2) is 0 Å². The van der Waals surface area contributed by atoms with Crippen molar-refractivity contribution in [3.05, 3.63) is 63.1 Å². The SMILES string of the molecule is COCc1cccc(CNc2cc(Cl)c(C)cc2Cl)c1. The van der Waals surface area contributed by atoms with Crippen LogP contribution in [0.5, 0.6) is 0 Å². The Morgan fingerprint density at radius 2 is 1.80 bits per heavy atom. The molecule has 2 nitrogen and oxygen atoms in total. The lowest BCUT2D eigenvalue weighted by Gasteiger charge is -2.11. The summed E-state index contributed by atoms with van der Waals surface area (Å²) in [6.07, 6.45) is 0. The molecule has 2 aromatic carbocycles. The molecule has 0 atom stereocenters. The number of methoxy groups -OCH3 is 1. The van der Waals surface area contributed by atoms with Gasteiger partial charge in [-0.3, -0.25) is 0 Å². The molecule has 0 heterocycles. The second-order valence-electron chi connectivity index (χ2n) is 4.69. The molecule has 0 bridgehead atoms. The van der Waals surface area contributed by atoms with Gasteiger partial charge in [-0.15, -0.1) is 0 Å². The van der Waals surface area contributed by atoms with E-state index in [2.05, 4.69) is 17.4 Å². The normalized spacial score (nSPS) is 10.6. The van der Waals surface area contributed by atoms with Crippen molar-refractivity contribution in [2.45, 2.75) is 20.1 Å². The van der Waals surface area contributed by atoms with Crippen molar-refractivity contribution in [3.63, 3.8) is 0 Å². The van der Waals surface area contributed by atoms with Gasteiger partial charge in [0.25, 0.3) is 0 Å². The van der Waals surface area contributed by atoms with E-state index in [-0.39, 0.29) is 0 Å². The summed E-state index contributed by atoms with van der Waals surface area (Å²) in [6, 6.07) is 12.0. The lowest BCUT2D eigenvalue weighted by molar-refractivity contribution is 0.185. The van der Waals surface area contributed by atoms with Crippen molar-refractivity contribution >= 4 is 28.9 Å². The third-order valence-corrected chi connectivity index (χ3v) is 3.75. The molecule has 0 aromatic heterocycles. The molecule has 0 unspecified atom stereocenters. The molecule has 106 valence electrons. The molecule has 1 N–H and O–H groups in total. The van der Waals surface area contributed by atoms with Gasteiger partial charge in [0.2, 0.25) is 0 Å². The molecule has 2 aromatic rings. The van der Waals surface area contributed by atoms with Crippen molar-refractivity contribution in [3.8, 4) is 0 Å². The number of halogens is 2. The Kier molecular flexibility index (Phi) is 5.30. The highest BCUT2D eigenvalue weighted by atomic mass is 35.5. The van der Waals surface area contributed by atoms with Gasteiger partial charge in [0.1, 0.15) is 0 Å². The summed E-state index contributed by atoms with van der Waals surface area (Å²) in [5, 5.41) is 4.70. The Hall–Kier alpha value is -1.22. The summed E-state index contributed by atoms with van der Waals surface area (Å²) in [6.45, 7) is 3.24. The molecule has 4 heteroatoms. The van der Waals surface area contributed by atoms with Crippen LogP contribution in [0.2, 0.25) is 10.0 Å². The van der Waals surface area contributed by atoms with Crippen molar-refractivity contribution in [2.24, 2.45) is 0 Å². The molecule has 0 spiro atoms. The Morgan fingerprint density at radius 3 is 2.55 bits per heavy atom. The van der Waals surface area contributed by atoms with Crippen LogP contribution in [-0.4, -0.2) is 7.11 Å². The number of nitrogens with one attached hydrogen (secondary N) is 1. The smallest absolute Gasteiger partial charge is 0.0713 e. The van der Waals surface area contributed by atoms with E-state index in [0.717, 1.165) is 16.8 Å². The fourth-order valence-corrected chi connectivity index (χ4v) is 2.42. The number of ether oxygens (including phenoxy) is 1. The summed E-state index contributed by atoms with van der Waals surface area (Å²) < 4.78 is 5.13. The lowest BCUT2D eigenvalue weighted by atomic mass is 10.1. The third kappa shape index (κ3) is 3.89. The van der Waals surface area contributed by atoms with Crippen LogP contribution >= 0.6 is 23.2 Å². The topological polar surface area (TPSA) is 21.3 Å². The van der Waals surface area contributed by atoms with Crippen LogP contribution in [0, 0.1) is 6.92 Å². The maximum Gasteiger partial charge on any atom is 0.0713 e. The van der Waals surface area contributed by atoms with Gasteiger partial charge in [-0.05, 0) is 35.7 Å². The number of aryl methyl sites for hydroxylation is 1. The van der Waals surface area contributed by atoms with Crippen molar-refractivity contribution in [1.29, 1.82) is 0 Å². The van der Waals surface area contributed by atoms with Crippen LogP contribution < -0.4 is 5.32 Å². The van der Waals surface area contributed by atoms with Gasteiger partial charge in [0, 0.05) is 18.7 Å². The zero-order chi connectivity index (χ0) is 14.5. The molecule has 0 aliphatic rings. The van der Waals surface area contributed by atoms with Crippen LogP contribution in [0.25, 0.3) is 0 Å². The number of rotatable bonds is 5. The van der Waals surface area contributed by atoms with Gasteiger partial charge < -0.3 is 10.1 Å².